The molecule has 0 bridgehead atoms. The fraction of sp³-hybridized carbons (Fsp3) is 0.500. The van der Waals surface area contributed by atoms with Crippen molar-refractivity contribution in [2.24, 2.45) is 5.41 Å². The number of fused-ring (bicyclic) bond motifs is 1. The molecule has 0 atom stereocenters. The average molecular weight is 223 g/mol. The van der Waals surface area contributed by atoms with Gasteiger partial charge in [0.15, 0.2) is 0 Å². The van der Waals surface area contributed by atoms with E-state index in [2.05, 4.69) is 25.2 Å². The van der Waals surface area contributed by atoms with Crippen molar-refractivity contribution < 1.29 is 4.74 Å². The monoisotopic (exact) mass is 223 g/mol. The van der Waals surface area contributed by atoms with Crippen molar-refractivity contribution in [1.29, 1.82) is 0 Å². The molecule has 0 radical (unpaired) electrons. The first-order valence-electron chi connectivity index (χ1n) is 5.16. The molecule has 1 N–H and O–H groups in total. The van der Waals surface area contributed by atoms with Crippen molar-refractivity contribution in [2.75, 3.05) is 24.7 Å². The van der Waals surface area contributed by atoms with Gasteiger partial charge in [0.25, 0.3) is 0 Å². The van der Waals surface area contributed by atoms with Crippen LogP contribution in [0.15, 0.2) is 23.1 Å². The number of nitrogens with one attached hydrogen (secondary N) is 1. The topological polar surface area (TPSA) is 21.3 Å². The lowest BCUT2D eigenvalue weighted by Gasteiger charge is -2.21. The van der Waals surface area contributed by atoms with Gasteiger partial charge in [-0.3, -0.25) is 0 Å². The van der Waals surface area contributed by atoms with E-state index in [1.54, 1.807) is 7.11 Å². The van der Waals surface area contributed by atoms with Crippen LogP contribution in [0.4, 0.5) is 5.69 Å². The maximum Gasteiger partial charge on any atom is 0.143 e. The van der Waals surface area contributed by atoms with Crippen molar-refractivity contribution in [3.8, 4) is 5.75 Å². The van der Waals surface area contributed by atoms with Crippen molar-refractivity contribution >= 4 is 17.4 Å². The lowest BCUT2D eigenvalue weighted by Crippen LogP contribution is -2.23. The van der Waals surface area contributed by atoms with E-state index in [0.29, 0.717) is 5.41 Å². The highest BCUT2D eigenvalue weighted by Gasteiger charge is 2.24. The Hall–Kier alpha value is -0.830. The Morgan fingerprint density at radius 2 is 2.20 bits per heavy atom. The third kappa shape index (κ3) is 2.23. The molecule has 1 aromatic rings. The molecule has 0 aromatic heterocycles. The molecule has 1 heterocycles. The van der Waals surface area contributed by atoms with E-state index in [9.17, 15) is 0 Å². The Kier molecular flexibility index (Phi) is 2.83. The van der Waals surface area contributed by atoms with Gasteiger partial charge in [-0.1, -0.05) is 19.9 Å². The van der Waals surface area contributed by atoms with Crippen LogP contribution in [0.2, 0.25) is 0 Å². The molecule has 82 valence electrons. The molecule has 0 saturated carbocycles. The third-order valence-electron chi connectivity index (χ3n) is 2.57. The van der Waals surface area contributed by atoms with Gasteiger partial charge in [0, 0.05) is 17.2 Å². The zero-order valence-electron chi connectivity index (χ0n) is 9.46. The van der Waals surface area contributed by atoms with E-state index in [-0.39, 0.29) is 0 Å². The summed E-state index contributed by atoms with van der Waals surface area (Å²) in [4.78, 5) is 1.29. The number of rotatable bonds is 1. The summed E-state index contributed by atoms with van der Waals surface area (Å²) in [7, 11) is 1.72. The van der Waals surface area contributed by atoms with E-state index >= 15 is 0 Å². The number of benzene rings is 1. The van der Waals surface area contributed by atoms with Crippen molar-refractivity contribution in [3.63, 3.8) is 0 Å². The van der Waals surface area contributed by atoms with Gasteiger partial charge in [-0.15, -0.1) is 11.8 Å². The molecule has 0 saturated heterocycles. The predicted octanol–water partition coefficient (Wildman–Crippen LogP) is 3.24. The van der Waals surface area contributed by atoms with E-state index in [1.165, 1.54) is 4.90 Å². The number of methoxy groups -OCH3 is 1. The molecule has 0 spiro atoms. The van der Waals surface area contributed by atoms with E-state index in [1.807, 2.05) is 23.9 Å². The first kappa shape index (κ1) is 10.7. The van der Waals surface area contributed by atoms with Crippen LogP contribution in [-0.2, 0) is 0 Å². The summed E-state index contributed by atoms with van der Waals surface area (Å²) in [6.45, 7) is 5.56. The zero-order valence-corrected chi connectivity index (χ0v) is 10.3. The first-order chi connectivity index (χ1) is 7.12. The molecule has 15 heavy (non-hydrogen) atoms. The summed E-state index contributed by atoms with van der Waals surface area (Å²) in [6, 6.07) is 6.20. The largest absolute Gasteiger partial charge is 0.495 e. The molecular weight excluding hydrogens is 206 g/mol. The maximum atomic E-state index is 5.36. The second-order valence-electron chi connectivity index (χ2n) is 4.64. The lowest BCUT2D eigenvalue weighted by atomic mass is 9.96. The van der Waals surface area contributed by atoms with E-state index in [0.717, 1.165) is 23.7 Å². The van der Waals surface area contributed by atoms with Crippen LogP contribution < -0.4 is 10.1 Å². The molecule has 1 aliphatic heterocycles. The number of hydrogen-bond acceptors (Lipinski definition) is 3. The van der Waals surface area contributed by atoms with Gasteiger partial charge in [-0.2, -0.15) is 0 Å². The third-order valence-corrected chi connectivity index (χ3v) is 4.15. The van der Waals surface area contributed by atoms with Crippen molar-refractivity contribution in [1.82, 2.24) is 0 Å². The highest BCUT2D eigenvalue weighted by molar-refractivity contribution is 7.99. The van der Waals surface area contributed by atoms with Crippen LogP contribution in [0.25, 0.3) is 0 Å². The highest BCUT2D eigenvalue weighted by Crippen LogP contribution is 2.41. The van der Waals surface area contributed by atoms with Gasteiger partial charge >= 0.3 is 0 Å². The maximum absolute atomic E-state index is 5.36. The smallest absolute Gasteiger partial charge is 0.143 e. The van der Waals surface area contributed by atoms with Gasteiger partial charge in [-0.25, -0.2) is 0 Å². The first-order valence-corrected chi connectivity index (χ1v) is 6.15. The minimum absolute atomic E-state index is 0.328. The Labute approximate surface area is 95.4 Å². The molecular formula is C12H17NOS. The second kappa shape index (κ2) is 3.97. The van der Waals surface area contributed by atoms with Crippen LogP contribution in [0, 0.1) is 5.41 Å². The molecule has 2 nitrogen and oxygen atoms in total. The SMILES string of the molecule is COc1cccc2c1NCC(C)(C)CS2. The Balaban J connectivity index is 2.35. The molecule has 0 amide bonds. The average Bonchev–Trinajstić information content (AvgIpc) is 2.38. The predicted molar refractivity (Wildman–Crippen MR) is 66.0 cm³/mol. The fourth-order valence-electron chi connectivity index (χ4n) is 1.63. The van der Waals surface area contributed by atoms with Gasteiger partial charge in [0.2, 0.25) is 0 Å². The Morgan fingerprint density at radius 3 is 2.93 bits per heavy atom. The van der Waals surface area contributed by atoms with Crippen LogP contribution >= 0.6 is 11.8 Å². The summed E-state index contributed by atoms with van der Waals surface area (Å²) in [5.41, 5.74) is 1.48. The molecule has 3 heteroatoms. The Morgan fingerprint density at radius 1 is 1.40 bits per heavy atom. The van der Waals surface area contributed by atoms with Gasteiger partial charge in [-0.05, 0) is 17.5 Å². The minimum Gasteiger partial charge on any atom is -0.495 e. The molecule has 1 aromatic carbocycles. The van der Waals surface area contributed by atoms with Crippen LogP contribution in [0.1, 0.15) is 13.8 Å². The number of para-hydroxylation sites is 1. The number of ether oxygens (including phenoxy) is 1. The molecule has 2 rings (SSSR count). The minimum atomic E-state index is 0.328. The molecule has 0 fully saturated rings. The number of hydrogen-bond donors (Lipinski definition) is 1. The van der Waals surface area contributed by atoms with E-state index < -0.39 is 0 Å². The standard InChI is InChI=1S/C12H17NOS/c1-12(2)7-13-11-9(14-3)5-4-6-10(11)15-8-12/h4-6,13H,7-8H2,1-3H3. The highest BCUT2D eigenvalue weighted by atomic mass is 32.2. The molecule has 0 unspecified atom stereocenters. The number of thioether (sulfide) groups is 1. The summed E-state index contributed by atoms with van der Waals surface area (Å²) in [5.74, 6) is 2.08. The van der Waals surface area contributed by atoms with Crippen LogP contribution in [0.5, 0.6) is 5.75 Å². The summed E-state index contributed by atoms with van der Waals surface area (Å²) in [6.07, 6.45) is 0. The van der Waals surface area contributed by atoms with Gasteiger partial charge < -0.3 is 10.1 Å². The van der Waals surface area contributed by atoms with Gasteiger partial charge in [0.05, 0.1) is 12.8 Å². The zero-order chi connectivity index (χ0) is 10.9. The number of anilines is 1. The summed E-state index contributed by atoms with van der Waals surface area (Å²) in [5, 5.41) is 3.49. The van der Waals surface area contributed by atoms with Crippen molar-refractivity contribution in [3.05, 3.63) is 18.2 Å². The van der Waals surface area contributed by atoms with Crippen LogP contribution in [-0.4, -0.2) is 19.4 Å². The Bertz CT molecular complexity index is 363. The quantitative estimate of drug-likeness (QED) is 0.789. The molecule has 0 aliphatic carbocycles. The normalized spacial score (nSPS) is 18.6. The van der Waals surface area contributed by atoms with E-state index in [4.69, 9.17) is 4.74 Å². The lowest BCUT2D eigenvalue weighted by molar-refractivity contribution is 0.413. The fourth-order valence-corrected chi connectivity index (χ4v) is 2.77. The van der Waals surface area contributed by atoms with Crippen LogP contribution in [0.3, 0.4) is 0 Å². The second-order valence-corrected chi connectivity index (χ2v) is 5.66. The summed E-state index contributed by atoms with van der Waals surface area (Å²) >= 11 is 1.90. The van der Waals surface area contributed by atoms with Gasteiger partial charge in [0.1, 0.15) is 5.75 Å². The summed E-state index contributed by atoms with van der Waals surface area (Å²) < 4.78 is 5.36. The van der Waals surface area contributed by atoms with Crippen molar-refractivity contribution in [2.45, 2.75) is 18.7 Å². The molecule has 1 aliphatic rings.